The molecule has 0 rings (SSSR count). The molecule has 0 fully saturated rings. The van der Waals surface area contributed by atoms with E-state index in [1.165, 1.54) is 199 Å². The molecular weight excluding hydrogens is 783 g/mol. The third kappa shape index (κ3) is 50.8. The minimum Gasteiger partial charge on any atom is -0.394 e. The van der Waals surface area contributed by atoms with Crippen LogP contribution in [-0.4, -0.2) is 34.9 Å². The number of nitrogens with one attached hydrogen (secondary N) is 1. The van der Waals surface area contributed by atoms with Crippen LogP contribution >= 0.6 is 0 Å². The highest BCUT2D eigenvalue weighted by atomic mass is 16.3. The van der Waals surface area contributed by atoms with E-state index in [2.05, 4.69) is 86.0 Å². The van der Waals surface area contributed by atoms with Crippen LogP contribution in [0.1, 0.15) is 284 Å². The number of hydrogen-bond donors (Lipinski definition) is 3. The van der Waals surface area contributed by atoms with Crippen LogP contribution in [-0.2, 0) is 4.79 Å². The van der Waals surface area contributed by atoms with Crippen molar-refractivity contribution in [1.82, 2.24) is 5.32 Å². The Kier molecular flexibility index (Phi) is 53.3. The van der Waals surface area contributed by atoms with E-state index in [4.69, 9.17) is 0 Å². The Labute approximate surface area is 399 Å². The van der Waals surface area contributed by atoms with E-state index in [0.717, 1.165) is 51.4 Å². The molecule has 0 heterocycles. The predicted octanol–water partition coefficient (Wildman–Crippen LogP) is 18.6. The van der Waals surface area contributed by atoms with Crippen LogP contribution in [0.4, 0.5) is 0 Å². The lowest BCUT2D eigenvalue weighted by molar-refractivity contribution is -0.123. The number of aliphatic hydroxyl groups excluding tert-OH is 2. The maximum absolute atomic E-state index is 12.4. The zero-order chi connectivity index (χ0) is 46.3. The molecule has 372 valence electrons. The van der Waals surface area contributed by atoms with Gasteiger partial charge in [0.05, 0.1) is 18.8 Å². The van der Waals surface area contributed by atoms with Gasteiger partial charge in [0.1, 0.15) is 0 Å². The summed E-state index contributed by atoms with van der Waals surface area (Å²) in [5.41, 5.74) is 0. The number of unbranched alkanes of at least 4 members (excludes halogenated alkanes) is 32. The van der Waals surface area contributed by atoms with Gasteiger partial charge in [0.2, 0.25) is 5.91 Å². The molecular formula is C60H109NO3. The van der Waals surface area contributed by atoms with E-state index < -0.39 is 12.1 Å². The number of hydrogen-bond acceptors (Lipinski definition) is 3. The molecule has 0 radical (unpaired) electrons. The second kappa shape index (κ2) is 55.2. The first-order valence-corrected chi connectivity index (χ1v) is 28.1. The van der Waals surface area contributed by atoms with Crippen LogP contribution in [0.2, 0.25) is 0 Å². The highest BCUT2D eigenvalue weighted by Gasteiger charge is 2.19. The Morgan fingerprint density at radius 2 is 0.656 bits per heavy atom. The molecule has 0 aliphatic rings. The summed E-state index contributed by atoms with van der Waals surface area (Å²) < 4.78 is 0. The van der Waals surface area contributed by atoms with Crippen LogP contribution in [0, 0.1) is 0 Å². The monoisotopic (exact) mass is 892 g/mol. The normalized spacial score (nSPS) is 13.4. The second-order valence-corrected chi connectivity index (χ2v) is 19.0. The average molecular weight is 893 g/mol. The van der Waals surface area contributed by atoms with Crippen molar-refractivity contribution < 1.29 is 15.0 Å². The van der Waals surface area contributed by atoms with E-state index in [1.54, 1.807) is 0 Å². The number of carbonyl (C=O) groups is 1. The average Bonchev–Trinajstić information content (AvgIpc) is 3.30. The van der Waals surface area contributed by atoms with Gasteiger partial charge in [-0.1, -0.05) is 299 Å². The Balaban J connectivity index is 3.49. The van der Waals surface area contributed by atoms with Gasteiger partial charge < -0.3 is 15.5 Å². The molecule has 3 N–H and O–H groups in total. The standard InChI is InChI=1S/C60H109NO3/c1-3-5-7-9-11-13-15-17-19-21-23-24-25-26-27-28-29-30-31-32-33-34-35-36-38-39-41-43-45-47-49-51-53-55-59(63)58(57-62)61-60(64)56-54-52-50-48-46-44-42-40-37-22-20-18-16-14-12-10-8-6-4-2/h6,8,12,14,18,20,37,40,44,46,50,52,58-59,62-63H,3-5,7,9-11,13,15-17,19,21-36,38-39,41-43,45,47-49,51,53-57H2,1-2H3,(H,61,64)/b8-6-,14-12-,20-18-,40-37-,46-44-,52-50-. The molecule has 4 nitrogen and oxygen atoms in total. The van der Waals surface area contributed by atoms with Gasteiger partial charge in [-0.3, -0.25) is 4.79 Å². The maximum Gasteiger partial charge on any atom is 0.220 e. The molecule has 0 spiro atoms. The third-order valence-corrected chi connectivity index (χ3v) is 12.7. The minimum absolute atomic E-state index is 0.112. The van der Waals surface area contributed by atoms with E-state index in [-0.39, 0.29) is 12.5 Å². The van der Waals surface area contributed by atoms with Crippen LogP contribution < -0.4 is 5.32 Å². The maximum atomic E-state index is 12.4. The zero-order valence-electron chi connectivity index (χ0n) is 42.8. The van der Waals surface area contributed by atoms with Gasteiger partial charge >= 0.3 is 0 Å². The molecule has 2 atom stereocenters. The third-order valence-electron chi connectivity index (χ3n) is 12.7. The molecule has 0 bridgehead atoms. The summed E-state index contributed by atoms with van der Waals surface area (Å²) in [7, 11) is 0. The first-order valence-electron chi connectivity index (χ1n) is 28.1. The van der Waals surface area contributed by atoms with Gasteiger partial charge in [0, 0.05) is 6.42 Å². The molecule has 0 aliphatic heterocycles. The highest BCUT2D eigenvalue weighted by Crippen LogP contribution is 2.18. The number of carbonyl (C=O) groups excluding carboxylic acids is 1. The number of rotatable bonds is 51. The van der Waals surface area contributed by atoms with Crippen LogP contribution in [0.3, 0.4) is 0 Å². The summed E-state index contributed by atoms with van der Waals surface area (Å²) in [6, 6.07) is -0.582. The fraction of sp³-hybridized carbons (Fsp3) is 0.783. The molecule has 2 unspecified atom stereocenters. The second-order valence-electron chi connectivity index (χ2n) is 19.0. The van der Waals surface area contributed by atoms with Gasteiger partial charge in [-0.15, -0.1) is 0 Å². The molecule has 0 aromatic carbocycles. The minimum atomic E-state index is -0.696. The van der Waals surface area contributed by atoms with E-state index >= 15 is 0 Å². The lowest BCUT2D eigenvalue weighted by Gasteiger charge is -2.22. The predicted molar refractivity (Wildman–Crippen MR) is 285 cm³/mol. The van der Waals surface area contributed by atoms with Crippen molar-refractivity contribution in [2.45, 2.75) is 296 Å². The molecule has 64 heavy (non-hydrogen) atoms. The van der Waals surface area contributed by atoms with Crippen molar-refractivity contribution in [2.24, 2.45) is 0 Å². The lowest BCUT2D eigenvalue weighted by atomic mass is 10.0. The van der Waals surface area contributed by atoms with Gasteiger partial charge in [0.15, 0.2) is 0 Å². The quantitative estimate of drug-likeness (QED) is 0.0421. The highest BCUT2D eigenvalue weighted by molar-refractivity contribution is 5.76. The summed E-state index contributed by atoms with van der Waals surface area (Å²) in [5, 5.41) is 23.2. The smallest absolute Gasteiger partial charge is 0.220 e. The van der Waals surface area contributed by atoms with E-state index in [9.17, 15) is 15.0 Å². The van der Waals surface area contributed by atoms with Crippen molar-refractivity contribution in [1.29, 1.82) is 0 Å². The van der Waals surface area contributed by atoms with Gasteiger partial charge in [-0.05, 0) is 51.4 Å². The Morgan fingerprint density at radius 1 is 0.391 bits per heavy atom. The molecule has 0 aromatic rings. The Bertz CT molecular complexity index is 1100. The summed E-state index contributed by atoms with van der Waals surface area (Å²) in [5.74, 6) is -0.112. The Morgan fingerprint density at radius 3 is 0.938 bits per heavy atom. The Hall–Kier alpha value is -2.17. The summed E-state index contributed by atoms with van der Waals surface area (Å²) in [6.45, 7) is 4.23. The number of aliphatic hydroxyl groups is 2. The largest absolute Gasteiger partial charge is 0.394 e. The van der Waals surface area contributed by atoms with Crippen molar-refractivity contribution in [2.75, 3.05) is 6.61 Å². The number of allylic oxidation sites excluding steroid dienone is 12. The van der Waals surface area contributed by atoms with Gasteiger partial charge in [0.25, 0.3) is 0 Å². The summed E-state index contributed by atoms with van der Waals surface area (Å²) >= 11 is 0. The van der Waals surface area contributed by atoms with Crippen molar-refractivity contribution in [3.8, 4) is 0 Å². The van der Waals surface area contributed by atoms with Crippen LogP contribution in [0.5, 0.6) is 0 Å². The van der Waals surface area contributed by atoms with Crippen molar-refractivity contribution in [3.63, 3.8) is 0 Å². The fourth-order valence-corrected chi connectivity index (χ4v) is 8.50. The first-order chi connectivity index (χ1) is 31.7. The van der Waals surface area contributed by atoms with Crippen molar-refractivity contribution in [3.05, 3.63) is 72.9 Å². The first kappa shape index (κ1) is 61.8. The molecule has 1 amide bonds. The van der Waals surface area contributed by atoms with Crippen molar-refractivity contribution >= 4 is 5.91 Å². The van der Waals surface area contributed by atoms with E-state index in [0.29, 0.717) is 19.3 Å². The van der Waals surface area contributed by atoms with E-state index in [1.807, 2.05) is 6.08 Å². The molecule has 0 aromatic heterocycles. The zero-order valence-corrected chi connectivity index (χ0v) is 42.8. The number of amides is 1. The molecule has 0 saturated carbocycles. The molecule has 0 saturated heterocycles. The van der Waals surface area contributed by atoms with Gasteiger partial charge in [-0.2, -0.15) is 0 Å². The molecule has 4 heteroatoms. The summed E-state index contributed by atoms with van der Waals surface area (Å²) in [6.07, 6.45) is 79.1. The fourth-order valence-electron chi connectivity index (χ4n) is 8.50. The van der Waals surface area contributed by atoms with Crippen LogP contribution in [0.15, 0.2) is 72.9 Å². The van der Waals surface area contributed by atoms with Crippen LogP contribution in [0.25, 0.3) is 0 Å². The summed E-state index contributed by atoms with van der Waals surface area (Å²) in [4.78, 5) is 12.4. The lowest BCUT2D eigenvalue weighted by Crippen LogP contribution is -2.45. The SMILES string of the molecule is CC/C=C\C/C=C\C/C=C\C/C=C\C/C=C\C/C=C\CCC(=O)NC(CO)C(O)CCCCCCCCCCCCCCCCCCCCCCCCCCCCCCCCCCC. The van der Waals surface area contributed by atoms with Gasteiger partial charge in [-0.25, -0.2) is 0 Å². The topological polar surface area (TPSA) is 69.6 Å². The molecule has 0 aliphatic carbocycles.